The van der Waals surface area contributed by atoms with E-state index in [-0.39, 0.29) is 24.4 Å². The van der Waals surface area contributed by atoms with Crippen LogP contribution in [0, 0.1) is 5.92 Å². The van der Waals surface area contributed by atoms with Gasteiger partial charge < -0.3 is 14.5 Å². The van der Waals surface area contributed by atoms with Crippen molar-refractivity contribution in [3.05, 3.63) is 36.0 Å². The van der Waals surface area contributed by atoms with Gasteiger partial charge in [0.1, 0.15) is 17.4 Å². The summed E-state index contributed by atoms with van der Waals surface area (Å²) in [6.45, 7) is 9.20. The van der Waals surface area contributed by atoms with Crippen molar-refractivity contribution in [1.29, 1.82) is 0 Å². The highest BCUT2D eigenvalue weighted by molar-refractivity contribution is 5.85. The molecule has 0 bridgehead atoms. The number of piperidine rings is 2. The fraction of sp³-hybridized carbons (Fsp3) is 0.630. The van der Waals surface area contributed by atoms with Gasteiger partial charge in [0.2, 0.25) is 5.91 Å². The summed E-state index contributed by atoms with van der Waals surface area (Å²) in [5.74, 6) is 1.96. The molecule has 1 aromatic heterocycles. The molecule has 5 nitrogen and oxygen atoms in total. The van der Waals surface area contributed by atoms with E-state index in [0.29, 0.717) is 0 Å². The van der Waals surface area contributed by atoms with Gasteiger partial charge in [0, 0.05) is 44.7 Å². The number of hydrogen-bond donors (Lipinski definition) is 0. The molecule has 1 amide bonds. The summed E-state index contributed by atoms with van der Waals surface area (Å²) in [6.07, 6.45) is 11.4. The number of rotatable bonds is 8. The van der Waals surface area contributed by atoms with E-state index < -0.39 is 0 Å². The number of likely N-dealkylation sites (tertiary alicyclic amines) is 2. The van der Waals surface area contributed by atoms with Crippen molar-refractivity contribution in [2.75, 3.05) is 32.7 Å². The van der Waals surface area contributed by atoms with Gasteiger partial charge in [0.05, 0.1) is 0 Å². The Morgan fingerprint density at radius 2 is 1.88 bits per heavy atom. The van der Waals surface area contributed by atoms with Crippen molar-refractivity contribution in [2.45, 2.75) is 71.3 Å². The van der Waals surface area contributed by atoms with Gasteiger partial charge in [0.25, 0.3) is 0 Å². The SMILES string of the molecule is CCCCc1cc(OC2CCN(CCC3CCN(C(C)=O)CC3)CC2)c2ncccc2c1.Cl. The van der Waals surface area contributed by atoms with Gasteiger partial charge in [-0.2, -0.15) is 0 Å². The molecule has 0 radical (unpaired) electrons. The van der Waals surface area contributed by atoms with E-state index in [9.17, 15) is 4.79 Å². The number of benzene rings is 1. The van der Waals surface area contributed by atoms with Crippen LogP contribution in [0.2, 0.25) is 0 Å². The minimum Gasteiger partial charge on any atom is -0.488 e. The quantitative estimate of drug-likeness (QED) is 0.508. The number of fused-ring (bicyclic) bond motifs is 1. The Balaban J connectivity index is 0.00000306. The molecule has 0 aliphatic carbocycles. The van der Waals surface area contributed by atoms with Crippen LogP contribution in [0.3, 0.4) is 0 Å². The van der Waals surface area contributed by atoms with Crippen molar-refractivity contribution in [3.63, 3.8) is 0 Å². The predicted octanol–water partition coefficient (Wildman–Crippen LogP) is 5.49. The number of carbonyl (C=O) groups is 1. The van der Waals surface area contributed by atoms with E-state index in [0.717, 1.165) is 75.5 Å². The molecular formula is C27H40ClN3O2. The third kappa shape index (κ3) is 7.07. The second-order valence-electron chi connectivity index (χ2n) is 9.67. The van der Waals surface area contributed by atoms with Gasteiger partial charge >= 0.3 is 0 Å². The maximum absolute atomic E-state index is 11.5. The standard InChI is InChI=1S/C27H39N3O2.ClH/c1-3-4-6-23-19-24-7-5-13-28-27(24)26(20-23)32-25-11-15-29(16-12-25)14-8-22-9-17-30(18-10-22)21(2)31;/h5,7,13,19-20,22,25H,3-4,6,8-12,14-18H2,1-2H3;1H. The summed E-state index contributed by atoms with van der Waals surface area (Å²) < 4.78 is 6.54. The van der Waals surface area contributed by atoms with E-state index in [4.69, 9.17) is 4.74 Å². The maximum Gasteiger partial charge on any atom is 0.219 e. The minimum atomic E-state index is 0. The number of ether oxygens (including phenoxy) is 1. The average Bonchev–Trinajstić information content (AvgIpc) is 2.82. The zero-order valence-electron chi connectivity index (χ0n) is 20.3. The van der Waals surface area contributed by atoms with Crippen molar-refractivity contribution in [3.8, 4) is 5.75 Å². The van der Waals surface area contributed by atoms with Crippen LogP contribution in [0.4, 0.5) is 0 Å². The Bertz CT molecular complexity index is 890. The molecule has 2 saturated heterocycles. The Labute approximate surface area is 205 Å². The second-order valence-corrected chi connectivity index (χ2v) is 9.67. The van der Waals surface area contributed by atoms with Crippen LogP contribution < -0.4 is 4.74 Å². The highest BCUT2D eigenvalue weighted by Crippen LogP contribution is 2.29. The Morgan fingerprint density at radius 3 is 2.58 bits per heavy atom. The molecule has 6 heteroatoms. The van der Waals surface area contributed by atoms with Crippen molar-refractivity contribution in [2.24, 2.45) is 5.92 Å². The van der Waals surface area contributed by atoms with Crippen molar-refractivity contribution in [1.82, 2.24) is 14.8 Å². The largest absolute Gasteiger partial charge is 0.488 e. The number of pyridine rings is 1. The molecule has 182 valence electrons. The van der Waals surface area contributed by atoms with Crippen LogP contribution in [0.25, 0.3) is 10.9 Å². The van der Waals surface area contributed by atoms with Gasteiger partial charge in [-0.15, -0.1) is 12.4 Å². The van der Waals surface area contributed by atoms with Crippen LogP contribution in [-0.2, 0) is 11.2 Å². The van der Waals surface area contributed by atoms with Crippen LogP contribution in [0.1, 0.15) is 64.4 Å². The molecule has 0 atom stereocenters. The molecule has 2 aliphatic heterocycles. The van der Waals surface area contributed by atoms with E-state index in [1.54, 1.807) is 6.92 Å². The van der Waals surface area contributed by atoms with Crippen molar-refractivity contribution < 1.29 is 9.53 Å². The summed E-state index contributed by atoms with van der Waals surface area (Å²) in [4.78, 5) is 20.7. The van der Waals surface area contributed by atoms with Crippen LogP contribution in [-0.4, -0.2) is 59.5 Å². The third-order valence-electron chi connectivity index (χ3n) is 7.29. The van der Waals surface area contributed by atoms with Gasteiger partial charge in [-0.1, -0.05) is 19.4 Å². The minimum absolute atomic E-state index is 0. The topological polar surface area (TPSA) is 45.7 Å². The molecule has 33 heavy (non-hydrogen) atoms. The van der Waals surface area contributed by atoms with E-state index >= 15 is 0 Å². The fourth-order valence-electron chi connectivity index (χ4n) is 5.17. The van der Waals surface area contributed by atoms with E-state index in [1.807, 2.05) is 17.2 Å². The van der Waals surface area contributed by atoms with Gasteiger partial charge in [0.15, 0.2) is 0 Å². The van der Waals surface area contributed by atoms with Crippen LogP contribution in [0.5, 0.6) is 5.75 Å². The molecule has 0 spiro atoms. The molecule has 0 saturated carbocycles. The zero-order chi connectivity index (χ0) is 22.3. The summed E-state index contributed by atoms with van der Waals surface area (Å²) in [6, 6.07) is 8.66. The first-order chi connectivity index (χ1) is 15.6. The molecular weight excluding hydrogens is 434 g/mol. The predicted molar refractivity (Wildman–Crippen MR) is 137 cm³/mol. The van der Waals surface area contributed by atoms with Crippen LogP contribution in [0.15, 0.2) is 30.5 Å². The fourth-order valence-corrected chi connectivity index (χ4v) is 5.17. The Hall–Kier alpha value is -1.85. The van der Waals surface area contributed by atoms with Crippen molar-refractivity contribution >= 4 is 29.2 Å². The first-order valence-electron chi connectivity index (χ1n) is 12.6. The summed E-state index contributed by atoms with van der Waals surface area (Å²) >= 11 is 0. The molecule has 0 N–H and O–H groups in total. The number of aromatic nitrogens is 1. The molecule has 3 heterocycles. The monoisotopic (exact) mass is 473 g/mol. The van der Waals surface area contributed by atoms with E-state index in [2.05, 4.69) is 35.0 Å². The van der Waals surface area contributed by atoms with Gasteiger partial charge in [-0.05, 0) is 81.2 Å². The first kappa shape index (κ1) is 25.8. The number of unbranched alkanes of at least 4 members (excludes halogenated alkanes) is 1. The molecule has 4 rings (SSSR count). The zero-order valence-corrected chi connectivity index (χ0v) is 21.1. The summed E-state index contributed by atoms with van der Waals surface area (Å²) in [5, 5.41) is 1.18. The lowest BCUT2D eigenvalue weighted by molar-refractivity contribution is -0.130. The normalized spacial score (nSPS) is 18.3. The molecule has 2 aromatic rings. The Kier molecular flexibility index (Phi) is 9.81. The second kappa shape index (κ2) is 12.6. The number of carbonyl (C=O) groups excluding carboxylic acids is 1. The highest BCUT2D eigenvalue weighted by Gasteiger charge is 2.24. The van der Waals surface area contributed by atoms with Gasteiger partial charge in [-0.25, -0.2) is 0 Å². The molecule has 1 aromatic carbocycles. The number of hydrogen-bond acceptors (Lipinski definition) is 4. The smallest absolute Gasteiger partial charge is 0.219 e. The van der Waals surface area contributed by atoms with Gasteiger partial charge in [-0.3, -0.25) is 9.78 Å². The number of halogens is 1. The Morgan fingerprint density at radius 1 is 1.12 bits per heavy atom. The third-order valence-corrected chi connectivity index (χ3v) is 7.29. The lowest BCUT2D eigenvalue weighted by Crippen LogP contribution is -2.40. The van der Waals surface area contributed by atoms with E-state index in [1.165, 1.54) is 36.8 Å². The summed E-state index contributed by atoms with van der Waals surface area (Å²) in [7, 11) is 0. The average molecular weight is 474 g/mol. The number of nitrogens with zero attached hydrogens (tertiary/aromatic N) is 3. The molecule has 2 aliphatic rings. The first-order valence-corrected chi connectivity index (χ1v) is 12.6. The van der Waals surface area contributed by atoms with Crippen LogP contribution >= 0.6 is 12.4 Å². The number of amides is 1. The maximum atomic E-state index is 11.5. The molecule has 0 unspecified atom stereocenters. The number of aryl methyl sites for hydroxylation is 1. The lowest BCUT2D eigenvalue weighted by atomic mass is 9.93. The summed E-state index contributed by atoms with van der Waals surface area (Å²) in [5.41, 5.74) is 2.35. The molecule has 2 fully saturated rings. The lowest BCUT2D eigenvalue weighted by Gasteiger charge is -2.35. The highest BCUT2D eigenvalue weighted by atomic mass is 35.5.